The molecular weight excluding hydrogens is 269 g/mol. The average molecular weight is 278 g/mol. The van der Waals surface area contributed by atoms with Gasteiger partial charge in [-0.15, -0.1) is 0 Å². The molecule has 0 fully saturated rings. The van der Waals surface area contributed by atoms with E-state index >= 15 is 0 Å². The van der Waals surface area contributed by atoms with Crippen molar-refractivity contribution in [1.82, 2.24) is 5.32 Å². The molecule has 0 aliphatic carbocycles. The van der Waals surface area contributed by atoms with Crippen LogP contribution in [0.1, 0.15) is 17.3 Å². The van der Waals surface area contributed by atoms with Crippen molar-refractivity contribution in [2.75, 3.05) is 6.61 Å². The third kappa shape index (κ3) is 3.63. The van der Waals surface area contributed by atoms with Crippen LogP contribution in [0.15, 0.2) is 18.2 Å². The number of carbonyl (C=O) groups is 1. The number of benzene rings is 1. The minimum absolute atomic E-state index is 0.0264. The molecule has 0 atom stereocenters. The molecular formula is C10H9Cl2NO2S. The number of halogens is 2. The number of hydrogen-bond acceptors (Lipinski definition) is 3. The van der Waals surface area contributed by atoms with Crippen LogP contribution in [0.2, 0.25) is 10.0 Å². The van der Waals surface area contributed by atoms with Crippen LogP contribution in [0.3, 0.4) is 0 Å². The van der Waals surface area contributed by atoms with Gasteiger partial charge in [0.1, 0.15) is 0 Å². The molecule has 1 N–H and O–H groups in total. The summed E-state index contributed by atoms with van der Waals surface area (Å²) >= 11 is 16.3. The van der Waals surface area contributed by atoms with Crippen molar-refractivity contribution < 1.29 is 9.53 Å². The molecule has 16 heavy (non-hydrogen) atoms. The topological polar surface area (TPSA) is 38.3 Å². The van der Waals surface area contributed by atoms with Gasteiger partial charge in [0.05, 0.1) is 17.2 Å². The van der Waals surface area contributed by atoms with Crippen LogP contribution < -0.4 is 5.32 Å². The molecule has 6 heteroatoms. The Morgan fingerprint density at radius 2 is 2.19 bits per heavy atom. The van der Waals surface area contributed by atoms with Crippen molar-refractivity contribution >= 4 is 46.5 Å². The predicted octanol–water partition coefficient (Wildman–Crippen LogP) is 3.04. The first-order valence-corrected chi connectivity index (χ1v) is 5.64. The summed E-state index contributed by atoms with van der Waals surface area (Å²) in [6.45, 7) is 2.17. The Hall–Kier alpha value is -0.840. The highest BCUT2D eigenvalue weighted by molar-refractivity contribution is 7.80. The smallest absolute Gasteiger partial charge is 0.263 e. The van der Waals surface area contributed by atoms with Gasteiger partial charge in [0.15, 0.2) is 0 Å². The largest absolute Gasteiger partial charge is 0.471 e. The van der Waals surface area contributed by atoms with E-state index in [1.165, 1.54) is 12.1 Å². The van der Waals surface area contributed by atoms with Crippen LogP contribution in [-0.4, -0.2) is 17.7 Å². The number of amides is 1. The maximum Gasteiger partial charge on any atom is 0.263 e. The highest BCUT2D eigenvalue weighted by atomic mass is 35.5. The van der Waals surface area contributed by atoms with Crippen molar-refractivity contribution in [1.29, 1.82) is 0 Å². The van der Waals surface area contributed by atoms with Gasteiger partial charge in [0, 0.05) is 5.02 Å². The zero-order chi connectivity index (χ0) is 12.1. The van der Waals surface area contributed by atoms with Gasteiger partial charge in [-0.05, 0) is 37.3 Å². The molecule has 0 unspecified atom stereocenters. The van der Waals surface area contributed by atoms with E-state index in [0.29, 0.717) is 17.2 Å². The first-order chi connectivity index (χ1) is 7.54. The van der Waals surface area contributed by atoms with E-state index < -0.39 is 5.91 Å². The Bertz CT molecular complexity index is 423. The zero-order valence-electron chi connectivity index (χ0n) is 8.42. The van der Waals surface area contributed by atoms with Crippen LogP contribution in [-0.2, 0) is 4.74 Å². The second-order valence-corrected chi connectivity index (χ2v) is 4.01. The van der Waals surface area contributed by atoms with Crippen molar-refractivity contribution in [3.05, 3.63) is 33.8 Å². The highest BCUT2D eigenvalue weighted by Crippen LogP contribution is 2.20. The predicted molar refractivity (Wildman–Crippen MR) is 68.2 cm³/mol. The molecule has 1 rings (SSSR count). The quantitative estimate of drug-likeness (QED) is 0.845. The van der Waals surface area contributed by atoms with E-state index in [1.54, 1.807) is 13.0 Å². The van der Waals surface area contributed by atoms with Crippen molar-refractivity contribution in [2.24, 2.45) is 0 Å². The first-order valence-electron chi connectivity index (χ1n) is 4.47. The molecule has 0 aliphatic heterocycles. The van der Waals surface area contributed by atoms with Gasteiger partial charge in [-0.2, -0.15) is 0 Å². The summed E-state index contributed by atoms with van der Waals surface area (Å²) in [5.74, 6) is -0.417. The van der Waals surface area contributed by atoms with Crippen LogP contribution in [0.25, 0.3) is 0 Å². The fourth-order valence-corrected chi connectivity index (χ4v) is 1.71. The van der Waals surface area contributed by atoms with Crippen molar-refractivity contribution in [3.8, 4) is 0 Å². The molecule has 1 aromatic carbocycles. The number of hydrogen-bond donors (Lipinski definition) is 1. The van der Waals surface area contributed by atoms with Gasteiger partial charge < -0.3 is 4.74 Å². The zero-order valence-corrected chi connectivity index (χ0v) is 10.7. The van der Waals surface area contributed by atoms with Crippen molar-refractivity contribution in [2.45, 2.75) is 6.92 Å². The molecule has 0 heterocycles. The molecule has 0 radical (unpaired) electrons. The van der Waals surface area contributed by atoms with E-state index in [9.17, 15) is 4.79 Å². The van der Waals surface area contributed by atoms with Crippen LogP contribution >= 0.6 is 35.4 Å². The molecule has 0 bridgehead atoms. The molecule has 1 amide bonds. The standard InChI is InChI=1S/C10H9Cl2NO2S/c1-2-15-10(16)13-9(14)7-4-3-6(11)5-8(7)12/h3-5H,2H2,1H3,(H,13,14,16). The van der Waals surface area contributed by atoms with Gasteiger partial charge in [-0.25, -0.2) is 0 Å². The molecule has 0 saturated heterocycles. The number of rotatable bonds is 2. The summed E-state index contributed by atoms with van der Waals surface area (Å²) in [5.41, 5.74) is 0.299. The lowest BCUT2D eigenvalue weighted by Gasteiger charge is -2.07. The second kappa shape index (κ2) is 6.03. The molecule has 1 aromatic rings. The average Bonchev–Trinajstić information content (AvgIpc) is 2.17. The maximum atomic E-state index is 11.7. The van der Waals surface area contributed by atoms with Gasteiger partial charge in [-0.1, -0.05) is 23.2 Å². The maximum absolute atomic E-state index is 11.7. The Morgan fingerprint density at radius 1 is 1.50 bits per heavy atom. The molecule has 0 aromatic heterocycles. The summed E-state index contributed by atoms with van der Waals surface area (Å²) < 4.78 is 4.93. The van der Waals surface area contributed by atoms with E-state index in [-0.39, 0.29) is 10.2 Å². The monoisotopic (exact) mass is 277 g/mol. The van der Waals surface area contributed by atoms with E-state index in [4.69, 9.17) is 40.2 Å². The lowest BCUT2D eigenvalue weighted by molar-refractivity contribution is 0.0968. The normalized spacial score (nSPS) is 9.69. The van der Waals surface area contributed by atoms with Gasteiger partial charge in [0.25, 0.3) is 11.1 Å². The Kier molecular flexibility index (Phi) is 4.99. The van der Waals surface area contributed by atoms with Crippen LogP contribution in [0.4, 0.5) is 0 Å². The third-order valence-electron chi connectivity index (χ3n) is 1.67. The first kappa shape index (κ1) is 13.2. The second-order valence-electron chi connectivity index (χ2n) is 2.80. The number of ether oxygens (including phenoxy) is 1. The Balaban J connectivity index is 2.77. The number of thiocarbonyl (C=S) groups is 1. The Labute approximate surface area is 109 Å². The summed E-state index contributed by atoms with van der Waals surface area (Å²) in [6, 6.07) is 4.59. The molecule has 0 aliphatic rings. The summed E-state index contributed by atoms with van der Waals surface area (Å²) in [6.07, 6.45) is 0. The van der Waals surface area contributed by atoms with E-state index in [1.807, 2.05) is 0 Å². The lowest BCUT2D eigenvalue weighted by Crippen LogP contribution is -2.30. The number of nitrogens with one attached hydrogen (secondary N) is 1. The minimum Gasteiger partial charge on any atom is -0.471 e. The van der Waals surface area contributed by atoms with Gasteiger partial charge >= 0.3 is 0 Å². The molecule has 3 nitrogen and oxygen atoms in total. The number of carbonyl (C=O) groups excluding carboxylic acids is 1. The summed E-state index contributed by atoms with van der Waals surface area (Å²) in [7, 11) is 0. The molecule has 0 saturated carbocycles. The fourth-order valence-electron chi connectivity index (χ4n) is 1.00. The summed E-state index contributed by atoms with van der Waals surface area (Å²) in [5, 5.41) is 3.16. The molecule has 0 spiro atoms. The van der Waals surface area contributed by atoms with E-state index in [0.717, 1.165) is 0 Å². The third-order valence-corrected chi connectivity index (χ3v) is 2.43. The Morgan fingerprint density at radius 3 is 2.75 bits per heavy atom. The SMILES string of the molecule is CCOC(=S)NC(=O)c1ccc(Cl)cc1Cl. The highest BCUT2D eigenvalue weighted by Gasteiger charge is 2.12. The minimum atomic E-state index is -0.417. The van der Waals surface area contributed by atoms with Crippen LogP contribution in [0.5, 0.6) is 0 Å². The summed E-state index contributed by atoms with van der Waals surface area (Å²) in [4.78, 5) is 11.7. The van der Waals surface area contributed by atoms with E-state index in [2.05, 4.69) is 5.32 Å². The fraction of sp³-hybridized carbons (Fsp3) is 0.200. The van der Waals surface area contributed by atoms with Gasteiger partial charge in [0.2, 0.25) is 0 Å². The van der Waals surface area contributed by atoms with Gasteiger partial charge in [-0.3, -0.25) is 10.1 Å². The lowest BCUT2D eigenvalue weighted by atomic mass is 10.2. The van der Waals surface area contributed by atoms with Crippen molar-refractivity contribution in [3.63, 3.8) is 0 Å². The molecule has 86 valence electrons. The van der Waals surface area contributed by atoms with Crippen LogP contribution in [0, 0.1) is 0 Å².